The van der Waals surface area contributed by atoms with E-state index in [0.29, 0.717) is 16.9 Å². The predicted octanol–water partition coefficient (Wildman–Crippen LogP) is 5.06. The van der Waals surface area contributed by atoms with Crippen LogP contribution in [-0.4, -0.2) is 24.0 Å². The van der Waals surface area contributed by atoms with Crippen molar-refractivity contribution >= 4 is 68.8 Å². The van der Waals surface area contributed by atoms with Gasteiger partial charge in [-0.2, -0.15) is 5.10 Å². The molecule has 0 aliphatic carbocycles. The lowest BCUT2D eigenvalue weighted by atomic mass is 10.2. The summed E-state index contributed by atoms with van der Waals surface area (Å²) >= 11 is 15.1. The van der Waals surface area contributed by atoms with Gasteiger partial charge in [0.05, 0.1) is 27.5 Å². The first-order valence-electron chi connectivity index (χ1n) is 8.99. The van der Waals surface area contributed by atoms with E-state index >= 15 is 0 Å². The molecule has 2 amide bonds. The number of nitrogens with one attached hydrogen (secondary N) is 2. The van der Waals surface area contributed by atoms with Crippen LogP contribution in [0.3, 0.4) is 0 Å². The van der Waals surface area contributed by atoms with Gasteiger partial charge in [-0.1, -0.05) is 51.3 Å². The van der Waals surface area contributed by atoms with Crippen LogP contribution in [-0.2, 0) is 9.59 Å². The van der Waals surface area contributed by atoms with Gasteiger partial charge in [0.1, 0.15) is 5.75 Å². The number of rotatable bonds is 5. The van der Waals surface area contributed by atoms with E-state index in [1.165, 1.54) is 12.3 Å². The Kier molecular flexibility index (Phi) is 7.99. The lowest BCUT2D eigenvalue weighted by Gasteiger charge is -2.07. The van der Waals surface area contributed by atoms with E-state index in [-0.39, 0.29) is 15.7 Å². The summed E-state index contributed by atoms with van der Waals surface area (Å²) in [6.07, 6.45) is 1.33. The quantitative estimate of drug-likeness (QED) is 0.157. The van der Waals surface area contributed by atoms with E-state index in [0.717, 1.165) is 4.47 Å². The zero-order chi connectivity index (χ0) is 23.1. The summed E-state index contributed by atoms with van der Waals surface area (Å²) in [7, 11) is 0. The molecule has 32 heavy (non-hydrogen) atoms. The van der Waals surface area contributed by atoms with E-state index in [1.807, 2.05) is 0 Å². The van der Waals surface area contributed by atoms with Gasteiger partial charge in [0.25, 0.3) is 0 Å². The Morgan fingerprint density at radius 2 is 1.66 bits per heavy atom. The maximum absolute atomic E-state index is 12.2. The lowest BCUT2D eigenvalue weighted by Crippen LogP contribution is -2.32. The SMILES string of the molecule is O=C(N/N=C/c1ccc(OC(=O)c2cccc(Br)c2)cc1)C(=O)Nc1cccc(Cl)c1Cl. The summed E-state index contributed by atoms with van der Waals surface area (Å²) in [4.78, 5) is 36.0. The third-order valence-electron chi connectivity index (χ3n) is 3.94. The molecule has 0 aliphatic rings. The number of halogens is 3. The predicted molar refractivity (Wildman–Crippen MR) is 126 cm³/mol. The standard InChI is InChI=1S/C22H14BrCl2N3O4/c23-15-4-1-3-14(11-15)22(31)32-16-9-7-13(8-10-16)12-26-28-21(30)20(29)27-18-6-2-5-17(24)19(18)25/h1-12H,(H,27,29)(H,28,30)/b26-12+. The van der Waals surface area contributed by atoms with E-state index in [1.54, 1.807) is 60.7 Å². The maximum Gasteiger partial charge on any atom is 0.343 e. The summed E-state index contributed by atoms with van der Waals surface area (Å²) < 4.78 is 6.08. The number of ether oxygens (including phenoxy) is 1. The number of carbonyl (C=O) groups is 3. The first-order chi connectivity index (χ1) is 15.3. The molecule has 0 heterocycles. The summed E-state index contributed by atoms with van der Waals surface area (Å²) in [5.74, 6) is -2.10. The normalized spacial score (nSPS) is 10.6. The molecule has 0 saturated heterocycles. The molecule has 0 bridgehead atoms. The Morgan fingerprint density at radius 1 is 0.938 bits per heavy atom. The molecule has 0 radical (unpaired) electrons. The monoisotopic (exact) mass is 533 g/mol. The molecule has 2 N–H and O–H groups in total. The van der Waals surface area contributed by atoms with Crippen LogP contribution in [0, 0.1) is 0 Å². The highest BCUT2D eigenvalue weighted by atomic mass is 79.9. The molecule has 0 aliphatic heterocycles. The van der Waals surface area contributed by atoms with Crippen LogP contribution < -0.4 is 15.5 Å². The summed E-state index contributed by atoms with van der Waals surface area (Å²) in [6.45, 7) is 0. The topological polar surface area (TPSA) is 96.9 Å². The summed E-state index contributed by atoms with van der Waals surface area (Å²) in [6, 6.07) is 17.9. The van der Waals surface area contributed by atoms with Crippen LogP contribution in [0.5, 0.6) is 5.75 Å². The van der Waals surface area contributed by atoms with Gasteiger partial charge in [-0.15, -0.1) is 0 Å². The molecule has 0 aromatic heterocycles. The van der Waals surface area contributed by atoms with Crippen molar-refractivity contribution in [1.82, 2.24) is 5.43 Å². The molecule has 0 saturated carbocycles. The van der Waals surface area contributed by atoms with Gasteiger partial charge in [-0.25, -0.2) is 10.2 Å². The van der Waals surface area contributed by atoms with Crippen molar-refractivity contribution in [3.05, 3.63) is 92.4 Å². The first kappa shape index (κ1) is 23.5. The van der Waals surface area contributed by atoms with Crippen LogP contribution in [0.2, 0.25) is 10.0 Å². The highest BCUT2D eigenvalue weighted by molar-refractivity contribution is 9.10. The maximum atomic E-state index is 12.2. The molecule has 0 unspecified atom stereocenters. The molecule has 0 atom stereocenters. The molecular formula is C22H14BrCl2N3O4. The Morgan fingerprint density at radius 3 is 2.38 bits per heavy atom. The Hall–Kier alpha value is -3.20. The zero-order valence-corrected chi connectivity index (χ0v) is 19.2. The molecule has 3 rings (SSSR count). The van der Waals surface area contributed by atoms with Gasteiger partial charge in [-0.3, -0.25) is 9.59 Å². The smallest absolute Gasteiger partial charge is 0.343 e. The fourth-order valence-electron chi connectivity index (χ4n) is 2.40. The number of carbonyl (C=O) groups excluding carboxylic acids is 3. The minimum absolute atomic E-state index is 0.125. The first-order valence-corrected chi connectivity index (χ1v) is 10.5. The van der Waals surface area contributed by atoms with Crippen molar-refractivity contribution in [1.29, 1.82) is 0 Å². The van der Waals surface area contributed by atoms with E-state index in [9.17, 15) is 14.4 Å². The number of nitrogens with zero attached hydrogens (tertiary/aromatic N) is 1. The summed E-state index contributed by atoms with van der Waals surface area (Å²) in [5, 5.41) is 6.45. The van der Waals surface area contributed by atoms with Gasteiger partial charge in [0, 0.05) is 4.47 Å². The van der Waals surface area contributed by atoms with E-state index in [2.05, 4.69) is 31.8 Å². The van der Waals surface area contributed by atoms with Crippen LogP contribution >= 0.6 is 39.1 Å². The molecule has 7 nitrogen and oxygen atoms in total. The lowest BCUT2D eigenvalue weighted by molar-refractivity contribution is -0.136. The number of hydrazone groups is 1. The van der Waals surface area contributed by atoms with E-state index < -0.39 is 17.8 Å². The van der Waals surface area contributed by atoms with Gasteiger partial charge in [0.15, 0.2) is 0 Å². The van der Waals surface area contributed by atoms with Crippen molar-refractivity contribution in [3.8, 4) is 5.75 Å². The number of benzene rings is 3. The second-order valence-electron chi connectivity index (χ2n) is 6.22. The number of anilines is 1. The highest BCUT2D eigenvalue weighted by Gasteiger charge is 2.15. The van der Waals surface area contributed by atoms with Gasteiger partial charge in [0.2, 0.25) is 0 Å². The molecule has 162 valence electrons. The fraction of sp³-hybridized carbons (Fsp3) is 0. The average Bonchev–Trinajstić information content (AvgIpc) is 2.78. The number of amides is 2. The minimum Gasteiger partial charge on any atom is -0.423 e. The Labute approximate surface area is 201 Å². The van der Waals surface area contributed by atoms with Crippen molar-refractivity contribution in [2.45, 2.75) is 0 Å². The molecule has 0 fully saturated rings. The van der Waals surface area contributed by atoms with Crippen molar-refractivity contribution in [3.63, 3.8) is 0 Å². The number of hydrogen-bond donors (Lipinski definition) is 2. The Bertz CT molecular complexity index is 1200. The van der Waals surface area contributed by atoms with Crippen LogP contribution in [0.15, 0.2) is 76.3 Å². The van der Waals surface area contributed by atoms with Crippen LogP contribution in [0.1, 0.15) is 15.9 Å². The number of esters is 1. The van der Waals surface area contributed by atoms with E-state index in [4.69, 9.17) is 27.9 Å². The number of hydrogen-bond acceptors (Lipinski definition) is 5. The molecule has 3 aromatic rings. The van der Waals surface area contributed by atoms with Crippen molar-refractivity contribution < 1.29 is 19.1 Å². The molecular weight excluding hydrogens is 521 g/mol. The fourth-order valence-corrected chi connectivity index (χ4v) is 3.15. The minimum atomic E-state index is -0.989. The third kappa shape index (κ3) is 6.40. The highest BCUT2D eigenvalue weighted by Crippen LogP contribution is 2.29. The largest absolute Gasteiger partial charge is 0.423 e. The van der Waals surface area contributed by atoms with Crippen molar-refractivity contribution in [2.24, 2.45) is 5.10 Å². The second kappa shape index (κ2) is 10.9. The third-order valence-corrected chi connectivity index (χ3v) is 5.25. The molecule has 0 spiro atoms. The van der Waals surface area contributed by atoms with Gasteiger partial charge < -0.3 is 10.1 Å². The second-order valence-corrected chi connectivity index (χ2v) is 7.92. The van der Waals surface area contributed by atoms with Crippen molar-refractivity contribution in [2.75, 3.05) is 5.32 Å². The van der Waals surface area contributed by atoms with Gasteiger partial charge in [-0.05, 0) is 60.2 Å². The van der Waals surface area contributed by atoms with Gasteiger partial charge >= 0.3 is 17.8 Å². The Balaban J connectivity index is 1.53. The van der Waals surface area contributed by atoms with Crippen LogP contribution in [0.25, 0.3) is 0 Å². The van der Waals surface area contributed by atoms with Crippen LogP contribution in [0.4, 0.5) is 5.69 Å². The molecule has 3 aromatic carbocycles. The average molecular weight is 535 g/mol. The zero-order valence-electron chi connectivity index (χ0n) is 16.1. The summed E-state index contributed by atoms with van der Waals surface area (Å²) in [5.41, 5.74) is 3.33. The molecule has 10 heteroatoms.